The van der Waals surface area contributed by atoms with Gasteiger partial charge in [-0.3, -0.25) is 4.79 Å². The van der Waals surface area contributed by atoms with Crippen LogP contribution in [0.5, 0.6) is 0 Å². The maximum Gasteiger partial charge on any atom is 0.306 e. The molecule has 240 valence electrons. The van der Waals surface area contributed by atoms with Crippen LogP contribution in [0.2, 0.25) is 36.3 Å². The average molecular weight is 682 g/mol. The molecule has 1 saturated carbocycles. The Morgan fingerprint density at radius 1 is 1.12 bits per heavy atom. The Kier molecular flexibility index (Phi) is 14.8. The van der Waals surface area contributed by atoms with E-state index >= 15 is 0 Å². The minimum Gasteiger partial charge on any atom is -0.481 e. The number of hydrogen-bond acceptors (Lipinski definition) is 3. The molecule has 6 atom stereocenters. The van der Waals surface area contributed by atoms with Gasteiger partial charge in [0.2, 0.25) is 0 Å². The van der Waals surface area contributed by atoms with Crippen molar-refractivity contribution < 1.29 is 18.8 Å². The van der Waals surface area contributed by atoms with E-state index in [2.05, 4.69) is 127 Å². The van der Waals surface area contributed by atoms with Crippen molar-refractivity contribution in [3.63, 3.8) is 0 Å². The summed E-state index contributed by atoms with van der Waals surface area (Å²) in [4.78, 5) is 11.3. The summed E-state index contributed by atoms with van der Waals surface area (Å²) >= 11 is 3.82. The van der Waals surface area contributed by atoms with Crippen LogP contribution in [-0.2, 0) is 13.6 Å². The van der Waals surface area contributed by atoms with Gasteiger partial charge in [-0.05, 0) is 85.2 Å². The van der Waals surface area contributed by atoms with Crippen LogP contribution in [0.3, 0.4) is 0 Å². The predicted octanol–water partition coefficient (Wildman–Crippen LogP) is 10.7. The summed E-state index contributed by atoms with van der Waals surface area (Å²) in [7, 11) is -4.03. The first-order valence-electron chi connectivity index (χ1n) is 15.7. The standard InChI is InChI=1S/C35H61BrO4Si2/c1-15-16-18-25(2)31(39-41(11,12)34(5,6)7)22-21-29-30(24-28(36)20-17-19-26(3)33(37)38)27(4)23-32(29)40-42(13,14)35(8,9)10/h20-22,25-26,29-32H,4,17-19,23-24H2,1-3,5-14H3,(H,37,38)/b22-21+,28-20-/t25-,26?,29+,30-,31+,32+/m0/s1. The molecule has 0 aliphatic heterocycles. The molecular formula is C35H61BrO4Si2. The number of rotatable bonds is 14. The molecule has 1 aliphatic rings. The van der Waals surface area contributed by atoms with Crippen molar-refractivity contribution in [1.29, 1.82) is 0 Å². The molecule has 1 N–H and O–H groups in total. The van der Waals surface area contributed by atoms with Crippen LogP contribution >= 0.6 is 15.9 Å². The van der Waals surface area contributed by atoms with Crippen molar-refractivity contribution in [2.24, 2.45) is 23.7 Å². The molecule has 0 aromatic heterocycles. The van der Waals surface area contributed by atoms with E-state index in [0.29, 0.717) is 6.42 Å². The van der Waals surface area contributed by atoms with Crippen LogP contribution in [0.1, 0.15) is 94.4 Å². The Hall–Kier alpha value is -0.916. The molecule has 0 radical (unpaired) electrons. The second-order valence-electron chi connectivity index (χ2n) is 15.5. The summed E-state index contributed by atoms with van der Waals surface area (Å²) in [5.74, 6) is 5.94. The molecule has 1 aliphatic carbocycles. The van der Waals surface area contributed by atoms with Crippen molar-refractivity contribution >= 4 is 38.5 Å². The number of halogens is 1. The first-order valence-corrected chi connectivity index (χ1v) is 22.3. The van der Waals surface area contributed by atoms with Crippen molar-refractivity contribution in [2.45, 2.75) is 143 Å². The van der Waals surface area contributed by atoms with Gasteiger partial charge in [-0.15, -0.1) is 11.8 Å². The molecule has 1 fully saturated rings. The Morgan fingerprint density at radius 3 is 2.19 bits per heavy atom. The second kappa shape index (κ2) is 15.9. The first kappa shape index (κ1) is 39.1. The number of carboxylic acids is 1. The van der Waals surface area contributed by atoms with E-state index in [0.717, 1.165) is 30.2 Å². The highest BCUT2D eigenvalue weighted by molar-refractivity contribution is 9.11. The Balaban J connectivity index is 3.44. The number of carboxylic acid groups (broad SMARTS) is 1. The fourth-order valence-electron chi connectivity index (χ4n) is 4.68. The Morgan fingerprint density at radius 2 is 1.69 bits per heavy atom. The van der Waals surface area contributed by atoms with Gasteiger partial charge in [-0.1, -0.05) is 102 Å². The van der Waals surface area contributed by atoms with E-state index < -0.39 is 22.6 Å². The molecule has 1 rings (SSSR count). The molecule has 42 heavy (non-hydrogen) atoms. The zero-order valence-electron chi connectivity index (χ0n) is 29.0. The van der Waals surface area contributed by atoms with Crippen LogP contribution in [-0.4, -0.2) is 39.9 Å². The summed E-state index contributed by atoms with van der Waals surface area (Å²) in [6, 6.07) is 0. The highest BCUT2D eigenvalue weighted by Gasteiger charge is 2.45. The number of aliphatic carboxylic acids is 1. The summed E-state index contributed by atoms with van der Waals surface area (Å²) in [5, 5.41) is 9.48. The second-order valence-corrected chi connectivity index (χ2v) is 26.0. The molecule has 0 bridgehead atoms. The van der Waals surface area contributed by atoms with Crippen LogP contribution in [0.25, 0.3) is 0 Å². The highest BCUT2D eigenvalue weighted by Crippen LogP contribution is 2.47. The number of allylic oxidation sites excluding steroid dienone is 2. The summed E-state index contributed by atoms with van der Waals surface area (Å²) in [6.45, 7) is 33.5. The third-order valence-electron chi connectivity index (χ3n) is 9.86. The predicted molar refractivity (Wildman–Crippen MR) is 189 cm³/mol. The minimum atomic E-state index is -2.02. The topological polar surface area (TPSA) is 55.8 Å². The highest BCUT2D eigenvalue weighted by atomic mass is 79.9. The zero-order valence-corrected chi connectivity index (χ0v) is 32.6. The molecular weight excluding hydrogens is 620 g/mol. The minimum absolute atomic E-state index is 0.0220. The first-order chi connectivity index (χ1) is 19.0. The maximum atomic E-state index is 11.3. The summed E-state index contributed by atoms with van der Waals surface area (Å²) in [6.07, 6.45) is 10.7. The van der Waals surface area contributed by atoms with E-state index in [1.807, 2.05) is 6.92 Å². The lowest BCUT2D eigenvalue weighted by molar-refractivity contribution is -0.141. The molecule has 0 aromatic rings. The summed E-state index contributed by atoms with van der Waals surface area (Å²) < 4.78 is 15.2. The van der Waals surface area contributed by atoms with Gasteiger partial charge >= 0.3 is 5.97 Å². The fraction of sp³-hybridized carbons (Fsp3) is 0.743. The summed E-state index contributed by atoms with van der Waals surface area (Å²) in [5.41, 5.74) is 1.23. The third kappa shape index (κ3) is 11.5. The Bertz CT molecular complexity index is 1040. The average Bonchev–Trinajstić information content (AvgIpc) is 3.11. The van der Waals surface area contributed by atoms with Gasteiger partial charge in [0, 0.05) is 12.3 Å². The van der Waals surface area contributed by atoms with Gasteiger partial charge in [0.05, 0.1) is 18.1 Å². The lowest BCUT2D eigenvalue weighted by atomic mass is 9.88. The Labute approximate surface area is 269 Å². The maximum absolute atomic E-state index is 11.3. The van der Waals surface area contributed by atoms with E-state index in [1.165, 1.54) is 5.57 Å². The quantitative estimate of drug-likeness (QED) is 0.113. The van der Waals surface area contributed by atoms with Gasteiger partial charge in [-0.25, -0.2) is 0 Å². The van der Waals surface area contributed by atoms with Crippen molar-refractivity contribution in [3.05, 3.63) is 34.9 Å². The molecule has 0 amide bonds. The molecule has 4 nitrogen and oxygen atoms in total. The van der Waals surface area contributed by atoms with Gasteiger partial charge in [0.15, 0.2) is 16.6 Å². The number of carbonyl (C=O) groups is 1. The molecule has 0 saturated heterocycles. The van der Waals surface area contributed by atoms with Crippen LogP contribution < -0.4 is 0 Å². The van der Waals surface area contributed by atoms with E-state index in [9.17, 15) is 9.90 Å². The zero-order chi connectivity index (χ0) is 32.7. The van der Waals surface area contributed by atoms with Crippen LogP contribution in [0.15, 0.2) is 34.9 Å². The molecule has 1 unspecified atom stereocenters. The molecule has 0 aromatic carbocycles. The van der Waals surface area contributed by atoms with Crippen molar-refractivity contribution in [2.75, 3.05) is 0 Å². The van der Waals surface area contributed by atoms with Gasteiger partial charge in [0.1, 0.15) is 0 Å². The van der Waals surface area contributed by atoms with Gasteiger partial charge in [0.25, 0.3) is 0 Å². The molecule has 7 heteroatoms. The van der Waals surface area contributed by atoms with Crippen LogP contribution in [0.4, 0.5) is 0 Å². The monoisotopic (exact) mass is 680 g/mol. The van der Waals surface area contributed by atoms with E-state index in [1.54, 1.807) is 6.92 Å². The van der Waals surface area contributed by atoms with E-state index in [4.69, 9.17) is 8.85 Å². The normalized spacial score (nSPS) is 23.0. The van der Waals surface area contributed by atoms with Crippen LogP contribution in [0, 0.1) is 35.5 Å². The lowest BCUT2D eigenvalue weighted by Crippen LogP contribution is -2.45. The fourth-order valence-corrected chi connectivity index (χ4v) is 7.95. The molecule has 0 spiro atoms. The largest absolute Gasteiger partial charge is 0.481 e. The third-order valence-corrected chi connectivity index (χ3v) is 19.5. The number of hydrogen-bond donors (Lipinski definition) is 1. The van der Waals surface area contributed by atoms with Gasteiger partial charge < -0.3 is 14.0 Å². The van der Waals surface area contributed by atoms with Crippen molar-refractivity contribution in [3.8, 4) is 11.8 Å². The van der Waals surface area contributed by atoms with Crippen molar-refractivity contribution in [1.82, 2.24) is 0 Å². The molecule has 0 heterocycles. The smallest absolute Gasteiger partial charge is 0.306 e. The lowest BCUT2D eigenvalue weighted by Gasteiger charge is -2.41. The van der Waals surface area contributed by atoms with Gasteiger partial charge in [-0.2, -0.15) is 0 Å². The van der Waals surface area contributed by atoms with E-state index in [-0.39, 0.29) is 46.0 Å². The SMILES string of the molecule is C=C1C[C@@H](O[Si](C)(C)C(C)(C)C)[C@H](/C=C/[C@@H](O[Si](C)(C)C(C)(C)C)[C@@H](C)CC#CC)[C@H]1C/C(Br)=C/CCC(C)C(=O)O.